The topological polar surface area (TPSA) is 28.2 Å². The molecule has 0 saturated carbocycles. The van der Waals surface area contributed by atoms with Crippen molar-refractivity contribution in [3.8, 4) is 0 Å². The van der Waals surface area contributed by atoms with E-state index in [0.29, 0.717) is 6.04 Å². The summed E-state index contributed by atoms with van der Waals surface area (Å²) < 4.78 is 0. The Morgan fingerprint density at radius 3 is 2.63 bits per heavy atom. The van der Waals surface area contributed by atoms with Crippen molar-refractivity contribution in [2.24, 2.45) is 0 Å². The van der Waals surface area contributed by atoms with Gasteiger partial charge in [0.05, 0.1) is 0 Å². The van der Waals surface area contributed by atoms with E-state index in [1.54, 1.807) is 0 Å². The maximum Gasteiger partial charge on any atom is 0.125 e. The molecule has 2 aromatic rings. The van der Waals surface area contributed by atoms with Crippen LogP contribution in [0.1, 0.15) is 24.3 Å². The highest BCUT2D eigenvalue weighted by atomic mass is 32.1. The van der Waals surface area contributed by atoms with E-state index in [0.717, 1.165) is 18.9 Å². The summed E-state index contributed by atoms with van der Waals surface area (Å²) in [6, 6.07) is 9.00. The second-order valence-corrected chi connectivity index (χ2v) is 5.91. The standard InChI is InChI=1S/C15H21N3S/c1-12(2)18(11-14-5-4-8-19-14)10-13-6-7-15(16-3)17-9-13/h4-9,12H,10-11H2,1-3H3,(H,16,17). The van der Waals surface area contributed by atoms with E-state index < -0.39 is 0 Å². The molecule has 0 aliphatic heterocycles. The Hall–Kier alpha value is -1.39. The molecule has 19 heavy (non-hydrogen) atoms. The van der Waals surface area contributed by atoms with Crippen LogP contribution in [0.3, 0.4) is 0 Å². The quantitative estimate of drug-likeness (QED) is 0.873. The molecule has 4 heteroatoms. The molecule has 0 amide bonds. The highest BCUT2D eigenvalue weighted by Crippen LogP contribution is 2.17. The molecule has 0 aliphatic carbocycles. The van der Waals surface area contributed by atoms with E-state index in [1.165, 1.54) is 10.4 Å². The van der Waals surface area contributed by atoms with Gasteiger partial charge in [-0.15, -0.1) is 11.3 Å². The molecule has 0 radical (unpaired) electrons. The first-order valence-corrected chi connectivity index (χ1v) is 7.46. The van der Waals surface area contributed by atoms with Crippen molar-refractivity contribution in [3.63, 3.8) is 0 Å². The molecule has 2 rings (SSSR count). The number of aromatic nitrogens is 1. The predicted molar refractivity (Wildman–Crippen MR) is 82.5 cm³/mol. The Balaban J connectivity index is 2.03. The molecule has 0 atom stereocenters. The zero-order valence-corrected chi connectivity index (χ0v) is 12.6. The third kappa shape index (κ3) is 4.04. The molecule has 0 fully saturated rings. The zero-order chi connectivity index (χ0) is 13.7. The van der Waals surface area contributed by atoms with Crippen LogP contribution in [0.4, 0.5) is 5.82 Å². The summed E-state index contributed by atoms with van der Waals surface area (Å²) in [5.41, 5.74) is 1.25. The Morgan fingerprint density at radius 2 is 2.11 bits per heavy atom. The van der Waals surface area contributed by atoms with Gasteiger partial charge in [-0.3, -0.25) is 4.90 Å². The van der Waals surface area contributed by atoms with Gasteiger partial charge in [-0.1, -0.05) is 12.1 Å². The van der Waals surface area contributed by atoms with Crippen LogP contribution in [0.5, 0.6) is 0 Å². The molecular weight excluding hydrogens is 254 g/mol. The number of hydrogen-bond donors (Lipinski definition) is 1. The van der Waals surface area contributed by atoms with Crippen molar-refractivity contribution >= 4 is 17.2 Å². The van der Waals surface area contributed by atoms with Gasteiger partial charge in [0.15, 0.2) is 0 Å². The van der Waals surface area contributed by atoms with Gasteiger partial charge in [0.25, 0.3) is 0 Å². The lowest BCUT2D eigenvalue weighted by atomic mass is 10.2. The monoisotopic (exact) mass is 275 g/mol. The van der Waals surface area contributed by atoms with Crippen molar-refractivity contribution in [3.05, 3.63) is 46.3 Å². The third-order valence-corrected chi connectivity index (χ3v) is 4.00. The highest BCUT2D eigenvalue weighted by molar-refractivity contribution is 7.09. The minimum Gasteiger partial charge on any atom is -0.373 e. The second-order valence-electron chi connectivity index (χ2n) is 4.88. The van der Waals surface area contributed by atoms with Gasteiger partial charge < -0.3 is 5.32 Å². The Bertz CT molecular complexity index is 477. The minimum atomic E-state index is 0.520. The number of anilines is 1. The highest BCUT2D eigenvalue weighted by Gasteiger charge is 2.11. The first kappa shape index (κ1) is 14.0. The third-order valence-electron chi connectivity index (χ3n) is 3.14. The van der Waals surface area contributed by atoms with Crippen LogP contribution < -0.4 is 5.32 Å². The summed E-state index contributed by atoms with van der Waals surface area (Å²) in [4.78, 5) is 8.24. The van der Waals surface area contributed by atoms with Crippen molar-refractivity contribution in [1.29, 1.82) is 0 Å². The molecule has 0 saturated heterocycles. The first-order chi connectivity index (χ1) is 9.19. The van der Waals surface area contributed by atoms with E-state index in [1.807, 2.05) is 30.6 Å². The number of rotatable bonds is 6. The molecule has 0 unspecified atom stereocenters. The summed E-state index contributed by atoms with van der Waals surface area (Å²) in [6.07, 6.45) is 1.95. The van der Waals surface area contributed by atoms with Crippen LogP contribution in [0.25, 0.3) is 0 Å². The fraction of sp³-hybridized carbons (Fsp3) is 0.400. The van der Waals surface area contributed by atoms with Gasteiger partial charge in [0.2, 0.25) is 0 Å². The molecular formula is C15H21N3S. The number of thiophene rings is 1. The van der Waals surface area contributed by atoms with E-state index in [4.69, 9.17) is 0 Å². The van der Waals surface area contributed by atoms with Crippen molar-refractivity contribution in [2.45, 2.75) is 33.0 Å². The van der Waals surface area contributed by atoms with Crippen LogP contribution in [0, 0.1) is 0 Å². The smallest absolute Gasteiger partial charge is 0.125 e. The first-order valence-electron chi connectivity index (χ1n) is 6.58. The lowest BCUT2D eigenvalue weighted by Gasteiger charge is -2.25. The van der Waals surface area contributed by atoms with E-state index in [9.17, 15) is 0 Å². The lowest BCUT2D eigenvalue weighted by molar-refractivity contribution is 0.205. The summed E-state index contributed by atoms with van der Waals surface area (Å²) >= 11 is 1.82. The zero-order valence-electron chi connectivity index (χ0n) is 11.8. The largest absolute Gasteiger partial charge is 0.373 e. The van der Waals surface area contributed by atoms with Crippen molar-refractivity contribution < 1.29 is 0 Å². The Morgan fingerprint density at radius 1 is 1.26 bits per heavy atom. The molecule has 0 bridgehead atoms. The number of nitrogens with zero attached hydrogens (tertiary/aromatic N) is 2. The number of nitrogens with one attached hydrogen (secondary N) is 1. The maximum absolute atomic E-state index is 4.37. The molecule has 2 aromatic heterocycles. The Kier molecular flexibility index (Phi) is 4.93. The molecule has 3 nitrogen and oxygen atoms in total. The van der Waals surface area contributed by atoms with E-state index in [-0.39, 0.29) is 0 Å². The molecule has 0 spiro atoms. The lowest BCUT2D eigenvalue weighted by Crippen LogP contribution is -2.29. The molecule has 1 N–H and O–H groups in total. The minimum absolute atomic E-state index is 0.520. The summed E-state index contributed by atoms with van der Waals surface area (Å²) in [5.74, 6) is 0.915. The van der Waals surface area contributed by atoms with Crippen LogP contribution >= 0.6 is 11.3 Å². The van der Waals surface area contributed by atoms with Crippen molar-refractivity contribution in [1.82, 2.24) is 9.88 Å². The number of hydrogen-bond acceptors (Lipinski definition) is 4. The predicted octanol–water partition coefficient (Wildman–Crippen LogP) is 3.60. The second kappa shape index (κ2) is 6.68. The maximum atomic E-state index is 4.37. The summed E-state index contributed by atoms with van der Waals surface area (Å²) in [5, 5.41) is 5.18. The molecule has 2 heterocycles. The summed E-state index contributed by atoms with van der Waals surface area (Å²) in [7, 11) is 1.89. The van der Waals surface area contributed by atoms with Crippen LogP contribution in [-0.2, 0) is 13.1 Å². The SMILES string of the molecule is CNc1ccc(CN(Cc2cccs2)C(C)C)cn1. The van der Waals surface area contributed by atoms with Crippen molar-refractivity contribution in [2.75, 3.05) is 12.4 Å². The van der Waals surface area contributed by atoms with Crippen LogP contribution in [0.15, 0.2) is 35.8 Å². The molecule has 0 aliphatic rings. The van der Waals surface area contributed by atoms with Crippen LogP contribution in [-0.4, -0.2) is 23.0 Å². The van der Waals surface area contributed by atoms with E-state index in [2.05, 4.69) is 52.6 Å². The van der Waals surface area contributed by atoms with Gasteiger partial charge in [0, 0.05) is 37.3 Å². The molecule has 102 valence electrons. The van der Waals surface area contributed by atoms with E-state index >= 15 is 0 Å². The molecule has 0 aromatic carbocycles. The van der Waals surface area contributed by atoms with Gasteiger partial charge >= 0.3 is 0 Å². The fourth-order valence-corrected chi connectivity index (χ4v) is 2.65. The normalized spacial score (nSPS) is 11.2. The summed E-state index contributed by atoms with van der Waals surface area (Å²) in [6.45, 7) is 6.42. The number of pyridine rings is 1. The van der Waals surface area contributed by atoms with Crippen LogP contribution in [0.2, 0.25) is 0 Å². The van der Waals surface area contributed by atoms with Gasteiger partial charge in [-0.2, -0.15) is 0 Å². The van der Waals surface area contributed by atoms with Gasteiger partial charge in [0.1, 0.15) is 5.82 Å². The Labute approximate surface area is 119 Å². The van der Waals surface area contributed by atoms with Gasteiger partial charge in [-0.05, 0) is 36.9 Å². The average Bonchev–Trinajstić information content (AvgIpc) is 2.91. The average molecular weight is 275 g/mol. The fourth-order valence-electron chi connectivity index (χ4n) is 1.92. The van der Waals surface area contributed by atoms with Gasteiger partial charge in [-0.25, -0.2) is 4.98 Å².